The summed E-state index contributed by atoms with van der Waals surface area (Å²) in [6.45, 7) is 0. The number of carboxylic acids is 1. The molecule has 0 bridgehead atoms. The molecule has 0 radical (unpaired) electrons. The Bertz CT molecular complexity index is 2450. The molecule has 1 N–H and O–H groups in total. The summed E-state index contributed by atoms with van der Waals surface area (Å²) in [7, 11) is 0. The fourth-order valence-electron chi connectivity index (χ4n) is 4.77. The van der Waals surface area contributed by atoms with Gasteiger partial charge in [-0.25, -0.2) is 4.79 Å². The van der Waals surface area contributed by atoms with Crippen molar-refractivity contribution < 1.29 is 9.90 Å². The summed E-state index contributed by atoms with van der Waals surface area (Å²) in [5.41, 5.74) is 1.17. The Morgan fingerprint density at radius 2 is 0.882 bits per heavy atom. The number of rotatable bonds is 7. The van der Waals surface area contributed by atoms with Gasteiger partial charge in [0.25, 0.3) is 0 Å². The lowest BCUT2D eigenvalue weighted by atomic mass is 10.2. The lowest BCUT2D eigenvalue weighted by Gasteiger charge is -1.94. The molecular weight excluding hydrogens is 871 g/mol. The van der Waals surface area contributed by atoms with Crippen LogP contribution >= 0.6 is 118 Å². The number of hydrogen-bond donors (Lipinski definition) is 1. The van der Waals surface area contributed by atoms with E-state index < -0.39 is 5.97 Å². The molecule has 0 saturated carbocycles. The molecule has 0 aliphatic heterocycles. The van der Waals surface area contributed by atoms with Crippen LogP contribution in [0.15, 0.2) is 128 Å². The summed E-state index contributed by atoms with van der Waals surface area (Å²) >= 11 is 18.9. The Labute approximate surface area is 339 Å². The molecule has 9 rings (SSSR count). The molecular formula is C38H22BrNO2S9. The number of nitriles is 1. The van der Waals surface area contributed by atoms with Crippen molar-refractivity contribution >= 4 is 124 Å². The molecule has 0 unspecified atom stereocenters. The zero-order valence-electron chi connectivity index (χ0n) is 26.0. The number of thiophene rings is 9. The quantitative estimate of drug-likeness (QED) is 0.173. The monoisotopic (exact) mass is 891 g/mol. The molecule has 0 fully saturated rings. The van der Waals surface area contributed by atoms with Crippen molar-refractivity contribution in [3.05, 3.63) is 139 Å². The highest BCUT2D eigenvalue weighted by molar-refractivity contribution is 9.10. The van der Waals surface area contributed by atoms with Crippen LogP contribution in [-0.2, 0) is 0 Å². The van der Waals surface area contributed by atoms with Crippen LogP contribution in [0, 0.1) is 11.3 Å². The van der Waals surface area contributed by atoms with Gasteiger partial charge in [0, 0.05) is 48.4 Å². The predicted octanol–water partition coefficient (Wildman–Crippen LogP) is 15.9. The van der Waals surface area contributed by atoms with Gasteiger partial charge in [-0.1, -0.05) is 36.4 Å². The van der Waals surface area contributed by atoms with Crippen LogP contribution in [0.1, 0.15) is 15.9 Å². The molecule has 0 aliphatic carbocycles. The minimum absolute atomic E-state index is 0.394. The number of carbonyl (C=O) groups is 1. The van der Waals surface area contributed by atoms with Gasteiger partial charge in [-0.15, -0.1) is 102 Å². The van der Waals surface area contributed by atoms with Gasteiger partial charge in [0.05, 0.1) is 25.8 Å². The van der Waals surface area contributed by atoms with Crippen molar-refractivity contribution in [3.63, 3.8) is 0 Å². The zero-order chi connectivity index (χ0) is 35.2. The largest absolute Gasteiger partial charge is 0.478 e. The average Bonchev–Trinajstić information content (AvgIpc) is 4.00. The second kappa shape index (κ2) is 17.0. The molecule has 9 aromatic heterocycles. The van der Waals surface area contributed by atoms with Crippen molar-refractivity contribution in [1.82, 2.24) is 0 Å². The summed E-state index contributed by atoms with van der Waals surface area (Å²) < 4.78 is 1.20. The number of nitrogens with zero attached hydrogens (tertiary/aromatic N) is 1. The van der Waals surface area contributed by atoms with Crippen LogP contribution in [0.5, 0.6) is 0 Å². The molecule has 13 heteroatoms. The number of halogens is 1. The first-order valence-electron chi connectivity index (χ1n) is 14.9. The first-order valence-corrected chi connectivity index (χ1v) is 23.4. The van der Waals surface area contributed by atoms with Crippen molar-refractivity contribution in [3.8, 4) is 64.6 Å². The smallest absolute Gasteiger partial charge is 0.337 e. The molecule has 0 amide bonds. The van der Waals surface area contributed by atoms with Crippen LogP contribution in [0.2, 0.25) is 0 Å². The molecule has 0 aromatic carbocycles. The maximum Gasteiger partial charge on any atom is 0.337 e. The topological polar surface area (TPSA) is 61.1 Å². The molecule has 252 valence electrons. The highest BCUT2D eigenvalue weighted by Gasteiger charge is 2.19. The Hall–Kier alpha value is -3.26. The molecule has 9 aromatic rings. The maximum absolute atomic E-state index is 11.3. The van der Waals surface area contributed by atoms with Crippen LogP contribution < -0.4 is 0 Å². The van der Waals surface area contributed by atoms with E-state index in [-0.39, 0.29) is 0 Å². The van der Waals surface area contributed by atoms with E-state index in [0.717, 1.165) is 29.9 Å². The lowest BCUT2D eigenvalue weighted by molar-refractivity contribution is 0.0698. The fourth-order valence-corrected chi connectivity index (χ4v) is 14.1. The van der Waals surface area contributed by atoms with E-state index in [2.05, 4.69) is 80.6 Å². The Kier molecular flexibility index (Phi) is 12.1. The number of aromatic carboxylic acids is 1. The van der Waals surface area contributed by atoms with E-state index in [4.69, 9.17) is 0 Å². The van der Waals surface area contributed by atoms with Crippen molar-refractivity contribution in [2.24, 2.45) is 0 Å². The van der Waals surface area contributed by atoms with Crippen LogP contribution in [-0.4, -0.2) is 11.1 Å². The van der Waals surface area contributed by atoms with Crippen LogP contribution in [0.3, 0.4) is 0 Å². The minimum atomic E-state index is -0.863. The van der Waals surface area contributed by atoms with Crippen LogP contribution in [0.25, 0.3) is 58.5 Å². The third-order valence-corrected chi connectivity index (χ3v) is 17.7. The first kappa shape index (κ1) is 36.1. The van der Waals surface area contributed by atoms with Gasteiger partial charge in [-0.3, -0.25) is 0 Å². The second-order valence-corrected chi connectivity index (χ2v) is 20.0. The predicted molar refractivity (Wildman–Crippen MR) is 232 cm³/mol. The summed E-state index contributed by atoms with van der Waals surface area (Å²) in [4.78, 5) is 25.3. The first-order chi connectivity index (χ1) is 25.0. The highest BCUT2D eigenvalue weighted by Crippen LogP contribution is 2.44. The summed E-state index contributed by atoms with van der Waals surface area (Å²) in [5.74, 6) is -0.863. The Morgan fingerprint density at radius 1 is 0.510 bits per heavy atom. The van der Waals surface area contributed by atoms with Gasteiger partial charge in [-0.2, -0.15) is 5.26 Å². The van der Waals surface area contributed by atoms with Crippen molar-refractivity contribution in [2.75, 3.05) is 0 Å². The van der Waals surface area contributed by atoms with Gasteiger partial charge < -0.3 is 5.11 Å². The molecule has 0 aliphatic rings. The van der Waals surface area contributed by atoms with E-state index in [1.165, 1.54) is 38.6 Å². The Balaban J connectivity index is 0.000000120. The zero-order valence-corrected chi connectivity index (χ0v) is 34.9. The normalized spacial score (nSPS) is 10.6. The maximum atomic E-state index is 11.3. The van der Waals surface area contributed by atoms with E-state index in [9.17, 15) is 15.2 Å². The van der Waals surface area contributed by atoms with E-state index in [1.807, 2.05) is 69.9 Å². The SMILES string of the molecule is Brc1cc(-c2cccs2)sc1-c1cccs1.N#Cc1cc(-c2cccs2)sc1-c1cccs1.O=C(O)c1cc(-c2cccs2)sc1-c1cccs1. The standard InChI is InChI=1S/C13H7NS3.C13H8O2S3.C12H7BrS3/c14-8-9-7-12(10-3-1-5-15-10)17-13(9)11-4-2-6-16-11;14-13(15)8-7-11(9-3-1-5-16-9)18-12(8)10-4-2-6-17-10;13-8-7-11(9-3-1-5-14-9)16-12(8)10-4-2-6-15-10/h1-7H;1-7H,(H,14,15);1-7H. The van der Waals surface area contributed by atoms with Gasteiger partial charge in [-0.05, 0) is 103 Å². The summed E-state index contributed by atoms with van der Waals surface area (Å²) in [6, 6.07) is 32.9. The Morgan fingerprint density at radius 3 is 1.31 bits per heavy atom. The summed E-state index contributed by atoms with van der Waals surface area (Å²) in [5, 5.41) is 30.8. The molecule has 51 heavy (non-hydrogen) atoms. The van der Waals surface area contributed by atoms with E-state index in [0.29, 0.717) is 5.56 Å². The van der Waals surface area contributed by atoms with Gasteiger partial charge in [0.2, 0.25) is 0 Å². The minimum Gasteiger partial charge on any atom is -0.478 e. The molecule has 0 spiro atoms. The number of hydrogen-bond acceptors (Lipinski definition) is 11. The third-order valence-electron chi connectivity index (χ3n) is 7.03. The highest BCUT2D eigenvalue weighted by atomic mass is 79.9. The number of carboxylic acid groups (broad SMARTS) is 1. The molecule has 9 heterocycles. The van der Waals surface area contributed by atoms with Gasteiger partial charge >= 0.3 is 5.97 Å². The lowest BCUT2D eigenvalue weighted by Crippen LogP contribution is -1.94. The second-order valence-electron chi connectivity index (χ2n) is 10.3. The third kappa shape index (κ3) is 8.53. The van der Waals surface area contributed by atoms with E-state index >= 15 is 0 Å². The molecule has 3 nitrogen and oxygen atoms in total. The summed E-state index contributed by atoms with van der Waals surface area (Å²) in [6.07, 6.45) is 0. The van der Waals surface area contributed by atoms with Crippen molar-refractivity contribution in [2.45, 2.75) is 0 Å². The fraction of sp³-hybridized carbons (Fsp3) is 0. The average molecular weight is 893 g/mol. The van der Waals surface area contributed by atoms with Crippen LogP contribution in [0.4, 0.5) is 0 Å². The molecule has 0 atom stereocenters. The molecule has 0 saturated heterocycles. The van der Waals surface area contributed by atoms with Crippen molar-refractivity contribution in [1.29, 1.82) is 5.26 Å². The van der Waals surface area contributed by atoms with Gasteiger partial charge in [0.1, 0.15) is 6.07 Å². The van der Waals surface area contributed by atoms with Gasteiger partial charge in [0.15, 0.2) is 0 Å². The van der Waals surface area contributed by atoms with E-state index in [1.54, 1.807) is 96.8 Å².